The third kappa shape index (κ3) is 4.03. The van der Waals surface area contributed by atoms with Gasteiger partial charge in [0, 0.05) is 5.33 Å². The van der Waals surface area contributed by atoms with Crippen molar-refractivity contribution in [1.82, 2.24) is 0 Å². The highest BCUT2D eigenvalue weighted by Gasteiger charge is 2.52. The maximum absolute atomic E-state index is 6.29. The van der Waals surface area contributed by atoms with E-state index in [0.717, 1.165) is 28.5 Å². The highest BCUT2D eigenvalue weighted by molar-refractivity contribution is 9.09. The average molecular weight is 445 g/mol. The fraction of sp³-hybridized carbons (Fsp3) is 0.478. The van der Waals surface area contributed by atoms with Gasteiger partial charge in [-0.3, -0.25) is 0 Å². The van der Waals surface area contributed by atoms with Crippen molar-refractivity contribution in [3.8, 4) is 16.9 Å². The smallest absolute Gasteiger partial charge is 0.493 e. The molecule has 2 aromatic rings. The van der Waals surface area contributed by atoms with Gasteiger partial charge >= 0.3 is 7.12 Å². The number of alkyl halides is 1. The van der Waals surface area contributed by atoms with Gasteiger partial charge < -0.3 is 14.0 Å². The van der Waals surface area contributed by atoms with Crippen molar-refractivity contribution >= 4 is 28.5 Å². The molecular weight excluding hydrogens is 415 g/mol. The molecule has 1 aliphatic heterocycles. The molecule has 0 amide bonds. The van der Waals surface area contributed by atoms with Crippen LogP contribution in [0.1, 0.15) is 45.2 Å². The predicted molar refractivity (Wildman–Crippen MR) is 121 cm³/mol. The van der Waals surface area contributed by atoms with Crippen molar-refractivity contribution in [2.75, 3.05) is 11.9 Å². The predicted octanol–water partition coefficient (Wildman–Crippen LogP) is 5.43. The van der Waals surface area contributed by atoms with Crippen LogP contribution in [0.4, 0.5) is 0 Å². The van der Waals surface area contributed by atoms with Crippen molar-refractivity contribution in [2.24, 2.45) is 0 Å². The van der Waals surface area contributed by atoms with Crippen LogP contribution in [-0.4, -0.2) is 30.3 Å². The van der Waals surface area contributed by atoms with Gasteiger partial charge in [-0.1, -0.05) is 46.3 Å². The van der Waals surface area contributed by atoms with Gasteiger partial charge in [0.25, 0.3) is 0 Å². The SMILES string of the molecule is Cc1c(OCCCBr)cccc1-c1cccc(B2OC(C)(C)C(C)(C)O2)c1C. The van der Waals surface area contributed by atoms with Gasteiger partial charge in [-0.15, -0.1) is 0 Å². The van der Waals surface area contributed by atoms with Crippen LogP contribution >= 0.6 is 15.9 Å². The number of halogens is 1. The first kappa shape index (κ1) is 21.4. The maximum atomic E-state index is 6.29. The summed E-state index contributed by atoms with van der Waals surface area (Å²) in [5.74, 6) is 0.943. The molecule has 0 radical (unpaired) electrons. The van der Waals surface area contributed by atoms with E-state index < -0.39 is 0 Å². The number of hydrogen-bond acceptors (Lipinski definition) is 3. The molecule has 0 atom stereocenters. The molecule has 0 unspecified atom stereocenters. The third-order valence-electron chi connectivity index (χ3n) is 5.99. The van der Waals surface area contributed by atoms with Gasteiger partial charge in [-0.05, 0) is 81.7 Å². The molecule has 1 saturated heterocycles. The second kappa shape index (κ2) is 8.21. The lowest BCUT2D eigenvalue weighted by molar-refractivity contribution is 0.00578. The van der Waals surface area contributed by atoms with E-state index in [1.54, 1.807) is 0 Å². The zero-order valence-corrected chi connectivity index (χ0v) is 19.4. The molecule has 0 N–H and O–H groups in total. The van der Waals surface area contributed by atoms with Gasteiger partial charge in [0.2, 0.25) is 0 Å². The number of benzene rings is 2. The Morgan fingerprint density at radius 3 is 2.07 bits per heavy atom. The monoisotopic (exact) mass is 444 g/mol. The Bertz CT molecular complexity index is 832. The summed E-state index contributed by atoms with van der Waals surface area (Å²) in [7, 11) is -0.358. The van der Waals surface area contributed by atoms with Crippen LogP contribution in [0.25, 0.3) is 11.1 Å². The van der Waals surface area contributed by atoms with E-state index in [4.69, 9.17) is 14.0 Å². The fourth-order valence-corrected chi connectivity index (χ4v) is 3.70. The Kier molecular flexibility index (Phi) is 6.28. The second-order valence-electron chi connectivity index (χ2n) is 8.43. The van der Waals surface area contributed by atoms with Crippen molar-refractivity contribution in [3.63, 3.8) is 0 Å². The lowest BCUT2D eigenvalue weighted by atomic mass is 9.74. The summed E-state index contributed by atoms with van der Waals surface area (Å²) < 4.78 is 18.6. The quantitative estimate of drug-likeness (QED) is 0.337. The summed E-state index contributed by atoms with van der Waals surface area (Å²) in [5.41, 5.74) is 5.11. The molecule has 1 fully saturated rings. The van der Waals surface area contributed by atoms with Gasteiger partial charge in [-0.2, -0.15) is 0 Å². The summed E-state index contributed by atoms with van der Waals surface area (Å²) in [4.78, 5) is 0. The van der Waals surface area contributed by atoms with Crippen LogP contribution in [0, 0.1) is 13.8 Å². The molecule has 3 rings (SSSR count). The number of ether oxygens (including phenoxy) is 1. The molecule has 0 aromatic heterocycles. The largest absolute Gasteiger partial charge is 0.495 e. The fourth-order valence-electron chi connectivity index (χ4n) is 3.47. The minimum absolute atomic E-state index is 0.348. The Labute approximate surface area is 178 Å². The Hall–Kier alpha value is -1.30. The zero-order chi connectivity index (χ0) is 20.5. The average Bonchev–Trinajstić information content (AvgIpc) is 2.84. The van der Waals surface area contributed by atoms with Crippen LogP contribution in [0.3, 0.4) is 0 Å². The second-order valence-corrected chi connectivity index (χ2v) is 9.22. The van der Waals surface area contributed by atoms with Crippen LogP contribution in [0.5, 0.6) is 5.75 Å². The molecule has 5 heteroatoms. The van der Waals surface area contributed by atoms with Gasteiger partial charge in [-0.25, -0.2) is 0 Å². The first-order valence-electron chi connectivity index (χ1n) is 9.92. The Morgan fingerprint density at radius 1 is 0.893 bits per heavy atom. The highest BCUT2D eigenvalue weighted by atomic mass is 79.9. The zero-order valence-electron chi connectivity index (χ0n) is 17.8. The maximum Gasteiger partial charge on any atom is 0.495 e. The molecule has 0 spiro atoms. The van der Waals surface area contributed by atoms with E-state index in [1.165, 1.54) is 16.7 Å². The van der Waals surface area contributed by atoms with E-state index in [9.17, 15) is 0 Å². The number of hydrogen-bond donors (Lipinski definition) is 0. The van der Waals surface area contributed by atoms with Crippen molar-refractivity contribution in [2.45, 2.75) is 59.2 Å². The third-order valence-corrected chi connectivity index (χ3v) is 6.55. The summed E-state index contributed by atoms with van der Waals surface area (Å²) in [6.45, 7) is 13.3. The molecule has 2 aromatic carbocycles. The highest BCUT2D eigenvalue weighted by Crippen LogP contribution is 2.38. The van der Waals surface area contributed by atoms with Gasteiger partial charge in [0.05, 0.1) is 17.8 Å². The molecule has 28 heavy (non-hydrogen) atoms. The summed E-state index contributed by atoms with van der Waals surface area (Å²) in [6, 6.07) is 12.6. The summed E-state index contributed by atoms with van der Waals surface area (Å²) in [5, 5.41) is 0.945. The Morgan fingerprint density at radius 2 is 1.46 bits per heavy atom. The lowest BCUT2D eigenvalue weighted by Gasteiger charge is -2.32. The van der Waals surface area contributed by atoms with Crippen molar-refractivity contribution < 1.29 is 14.0 Å². The van der Waals surface area contributed by atoms with Gasteiger partial charge in [0.15, 0.2) is 0 Å². The number of rotatable bonds is 6. The minimum Gasteiger partial charge on any atom is -0.493 e. The standard InChI is InChI=1S/C23H30BBrO3/c1-16-18(19-11-8-13-21(17(19)2)26-15-9-14-25)10-7-12-20(16)24-27-22(3,4)23(5,6)28-24/h7-8,10-13H,9,14-15H2,1-6H3. The molecule has 150 valence electrons. The molecule has 0 bridgehead atoms. The first-order chi connectivity index (χ1) is 13.2. The lowest BCUT2D eigenvalue weighted by Crippen LogP contribution is -2.41. The van der Waals surface area contributed by atoms with E-state index in [-0.39, 0.29) is 18.3 Å². The van der Waals surface area contributed by atoms with Crippen LogP contribution in [0.15, 0.2) is 36.4 Å². The molecule has 1 heterocycles. The first-order valence-corrected chi connectivity index (χ1v) is 11.0. The van der Waals surface area contributed by atoms with Gasteiger partial charge in [0.1, 0.15) is 5.75 Å². The summed E-state index contributed by atoms with van der Waals surface area (Å²) in [6.07, 6.45) is 0.986. The molecular formula is C23H30BBrO3. The van der Waals surface area contributed by atoms with Crippen LogP contribution in [0.2, 0.25) is 0 Å². The van der Waals surface area contributed by atoms with Crippen LogP contribution < -0.4 is 10.2 Å². The van der Waals surface area contributed by atoms with E-state index in [0.29, 0.717) is 6.61 Å². The molecule has 0 aliphatic carbocycles. The van der Waals surface area contributed by atoms with Crippen molar-refractivity contribution in [1.29, 1.82) is 0 Å². The van der Waals surface area contributed by atoms with Crippen molar-refractivity contribution in [3.05, 3.63) is 47.5 Å². The Balaban J connectivity index is 1.96. The summed E-state index contributed by atoms with van der Waals surface area (Å²) >= 11 is 3.45. The van der Waals surface area contributed by atoms with E-state index >= 15 is 0 Å². The molecule has 0 saturated carbocycles. The van der Waals surface area contributed by atoms with E-state index in [1.807, 2.05) is 6.07 Å². The van der Waals surface area contributed by atoms with Crippen LogP contribution in [-0.2, 0) is 9.31 Å². The topological polar surface area (TPSA) is 27.7 Å². The normalized spacial score (nSPS) is 17.8. The minimum atomic E-state index is -0.358. The van der Waals surface area contributed by atoms with E-state index in [2.05, 4.69) is 87.8 Å². The molecule has 3 nitrogen and oxygen atoms in total. The molecule has 1 aliphatic rings.